The van der Waals surface area contributed by atoms with Crippen molar-refractivity contribution >= 4 is 11.6 Å². The Kier molecular flexibility index (Phi) is 8.12. The SMILES string of the molecule is C[C@H]1CCCN(Cc2cc3c(c(C(F)(F)F)c2)CN(c2cccc(C4(c5nncn5C)CC5(CC5)C4)c2)C3=O)C1.F.FF. The number of aromatic nitrogens is 3. The summed E-state index contributed by atoms with van der Waals surface area (Å²) < 4.78 is 60.9. The quantitative estimate of drug-likeness (QED) is 0.291. The van der Waals surface area contributed by atoms with Gasteiger partial charge < -0.3 is 9.47 Å². The molecule has 1 saturated heterocycles. The molecule has 4 aliphatic rings. The van der Waals surface area contributed by atoms with Gasteiger partial charge in [0, 0.05) is 40.5 Å². The van der Waals surface area contributed by atoms with Crippen molar-refractivity contribution in [2.75, 3.05) is 18.0 Å². The first-order valence-electron chi connectivity index (χ1n) is 14.4. The zero-order chi connectivity index (χ0) is 29.9. The third kappa shape index (κ3) is 5.42. The maximum atomic E-state index is 14.3. The normalized spacial score (nSPS) is 21.9. The van der Waals surface area contributed by atoms with Crippen molar-refractivity contribution in [3.63, 3.8) is 0 Å². The van der Waals surface area contributed by atoms with Gasteiger partial charge in [0.25, 0.3) is 5.91 Å². The van der Waals surface area contributed by atoms with Crippen molar-refractivity contribution in [1.29, 1.82) is 0 Å². The number of hydrogen-bond acceptors (Lipinski definition) is 4. The van der Waals surface area contributed by atoms with Crippen molar-refractivity contribution in [2.24, 2.45) is 18.4 Å². The second-order valence-corrected chi connectivity index (χ2v) is 12.8. The van der Waals surface area contributed by atoms with E-state index in [1.54, 1.807) is 12.4 Å². The Hall–Kier alpha value is -3.41. The van der Waals surface area contributed by atoms with Crippen molar-refractivity contribution < 1.29 is 31.8 Å². The van der Waals surface area contributed by atoms with E-state index in [0.29, 0.717) is 29.1 Å². The molecule has 1 amide bonds. The summed E-state index contributed by atoms with van der Waals surface area (Å²) in [7, 11) is 1.94. The molecule has 2 aliphatic heterocycles. The smallest absolute Gasteiger partial charge is 0.320 e. The first-order valence-corrected chi connectivity index (χ1v) is 14.4. The van der Waals surface area contributed by atoms with Gasteiger partial charge in [0.05, 0.1) is 17.5 Å². The van der Waals surface area contributed by atoms with Crippen LogP contribution in [0.1, 0.15) is 83.9 Å². The number of carbonyl (C=O) groups excluding carboxylic acids is 1. The summed E-state index contributed by atoms with van der Waals surface area (Å²) in [6.45, 7) is 4.23. The van der Waals surface area contributed by atoms with Crippen molar-refractivity contribution in [3.05, 3.63) is 76.4 Å². The summed E-state index contributed by atoms with van der Waals surface area (Å²) in [6.07, 6.45) is 3.73. The number of likely N-dealkylation sites (tertiary alicyclic amines) is 1. The largest absolute Gasteiger partial charge is 0.416 e. The lowest BCUT2D eigenvalue weighted by atomic mass is 9.56. The number of fused-ring (bicyclic) bond motifs is 1. The van der Waals surface area contributed by atoms with Crippen LogP contribution in [-0.4, -0.2) is 38.7 Å². The first kappa shape index (κ1) is 31.0. The fourth-order valence-electron chi connectivity index (χ4n) is 7.65. The van der Waals surface area contributed by atoms with Gasteiger partial charge in [0.2, 0.25) is 0 Å². The number of halogens is 6. The van der Waals surface area contributed by atoms with Gasteiger partial charge in [-0.15, -0.1) is 10.2 Å². The number of piperidine rings is 1. The number of amides is 1. The van der Waals surface area contributed by atoms with E-state index < -0.39 is 11.7 Å². The summed E-state index contributed by atoms with van der Waals surface area (Å²) in [5, 5.41) is 8.59. The number of alkyl halides is 3. The lowest BCUT2D eigenvalue weighted by molar-refractivity contribution is -0.138. The number of rotatable bonds is 5. The minimum absolute atomic E-state index is 0. The highest BCUT2D eigenvalue weighted by molar-refractivity contribution is 6.10. The van der Waals surface area contributed by atoms with Gasteiger partial charge in [0.1, 0.15) is 12.2 Å². The Morgan fingerprint density at radius 2 is 1.84 bits per heavy atom. The number of benzene rings is 2. The molecule has 232 valence electrons. The van der Waals surface area contributed by atoms with Crippen LogP contribution in [0.3, 0.4) is 0 Å². The first-order chi connectivity index (χ1) is 20.1. The van der Waals surface area contributed by atoms with Crippen LogP contribution in [0.25, 0.3) is 0 Å². The zero-order valence-electron chi connectivity index (χ0n) is 24.1. The van der Waals surface area contributed by atoms with E-state index in [1.165, 1.54) is 23.8 Å². The minimum Gasteiger partial charge on any atom is -0.320 e. The van der Waals surface area contributed by atoms with Gasteiger partial charge in [-0.3, -0.25) is 14.4 Å². The average Bonchev–Trinajstić information content (AvgIpc) is 3.51. The number of anilines is 1. The second-order valence-electron chi connectivity index (χ2n) is 12.8. The second kappa shape index (κ2) is 11.3. The van der Waals surface area contributed by atoms with Gasteiger partial charge in [-0.25, -0.2) is 0 Å². The minimum atomic E-state index is -4.53. The highest BCUT2D eigenvalue weighted by Crippen LogP contribution is 2.70. The Balaban J connectivity index is 0.00000120. The molecule has 3 aromatic rings. The Morgan fingerprint density at radius 1 is 1.09 bits per heavy atom. The van der Waals surface area contributed by atoms with E-state index in [9.17, 15) is 18.0 Å². The fourth-order valence-corrected chi connectivity index (χ4v) is 7.65. The van der Waals surface area contributed by atoms with E-state index in [0.717, 1.165) is 50.2 Å². The zero-order valence-corrected chi connectivity index (χ0v) is 24.1. The molecule has 0 N–H and O–H groups in total. The fraction of sp³-hybridized carbons (Fsp3) is 0.516. The molecule has 3 heterocycles. The van der Waals surface area contributed by atoms with Crippen LogP contribution in [0.2, 0.25) is 0 Å². The predicted octanol–water partition coefficient (Wildman–Crippen LogP) is 7.08. The molecule has 0 unspecified atom stereocenters. The summed E-state index contributed by atoms with van der Waals surface area (Å²) in [6, 6.07) is 10.7. The van der Waals surface area contributed by atoms with E-state index >= 15 is 0 Å². The summed E-state index contributed by atoms with van der Waals surface area (Å²) >= 11 is 0. The average molecular weight is 608 g/mol. The Morgan fingerprint density at radius 3 is 2.47 bits per heavy atom. The lowest BCUT2D eigenvalue weighted by Gasteiger charge is -2.48. The number of carbonyl (C=O) groups is 1. The van der Waals surface area contributed by atoms with Crippen LogP contribution in [0.5, 0.6) is 0 Å². The number of hydrogen-bond donors (Lipinski definition) is 0. The highest BCUT2D eigenvalue weighted by Gasteiger charge is 2.63. The predicted molar refractivity (Wildman–Crippen MR) is 149 cm³/mol. The molecular formula is C31H35F6N5O. The molecule has 1 atom stereocenters. The summed E-state index contributed by atoms with van der Waals surface area (Å²) in [5.41, 5.74) is 1.83. The molecule has 0 bridgehead atoms. The van der Waals surface area contributed by atoms with E-state index in [2.05, 4.69) is 28.1 Å². The van der Waals surface area contributed by atoms with Crippen molar-refractivity contribution in [1.82, 2.24) is 19.7 Å². The standard InChI is InChI=1S/C31H34F3N5O.F2.FH/c1-20-5-4-10-38(14-20)15-21-11-24-25(26(12-21)31(32,33)34)16-39(27(24)40)23-7-3-6-22(13-23)30(17-29(18-30)8-9-29)28-36-35-19-37(28)2;1-2;/h3,6-7,11-13,19-20H,4-5,8-10,14-18H2,1-2H3;;1H/t20-;;/m0../s1. The van der Waals surface area contributed by atoms with E-state index in [1.807, 2.05) is 29.8 Å². The van der Waals surface area contributed by atoms with Crippen LogP contribution < -0.4 is 4.90 Å². The molecule has 3 fully saturated rings. The van der Waals surface area contributed by atoms with Crippen LogP contribution in [0.15, 0.2) is 42.7 Å². The monoisotopic (exact) mass is 607 g/mol. The van der Waals surface area contributed by atoms with Gasteiger partial charge in [-0.1, -0.05) is 19.1 Å². The molecule has 2 aromatic carbocycles. The van der Waals surface area contributed by atoms with Crippen LogP contribution in [0, 0.1) is 11.3 Å². The third-order valence-electron chi connectivity index (χ3n) is 9.71. The maximum absolute atomic E-state index is 14.3. The molecule has 1 spiro atoms. The van der Waals surface area contributed by atoms with Gasteiger partial charge in [-0.2, -0.15) is 13.2 Å². The van der Waals surface area contributed by atoms with Crippen molar-refractivity contribution in [2.45, 2.75) is 70.1 Å². The molecular weight excluding hydrogens is 572 g/mol. The summed E-state index contributed by atoms with van der Waals surface area (Å²) in [4.78, 5) is 17.4. The molecule has 43 heavy (non-hydrogen) atoms. The molecule has 12 heteroatoms. The molecule has 2 aliphatic carbocycles. The number of aryl methyl sites for hydroxylation is 1. The molecule has 0 radical (unpaired) electrons. The molecule has 7 rings (SSSR count). The van der Waals surface area contributed by atoms with Gasteiger partial charge >= 0.3 is 6.18 Å². The highest BCUT2D eigenvalue weighted by atomic mass is 20.0. The number of nitrogens with zero attached hydrogens (tertiary/aromatic N) is 5. The van der Waals surface area contributed by atoms with Crippen LogP contribution in [-0.2, 0) is 31.7 Å². The summed E-state index contributed by atoms with van der Waals surface area (Å²) in [5.74, 6) is 1.05. The van der Waals surface area contributed by atoms with E-state index in [4.69, 9.17) is 9.15 Å². The maximum Gasteiger partial charge on any atom is 0.416 e. The van der Waals surface area contributed by atoms with Crippen LogP contribution in [0.4, 0.5) is 32.7 Å². The molecule has 1 aromatic heterocycles. The van der Waals surface area contributed by atoms with Crippen LogP contribution >= 0.6 is 0 Å². The Bertz CT molecular complexity index is 1490. The Labute approximate surface area is 246 Å². The third-order valence-corrected chi connectivity index (χ3v) is 9.71. The van der Waals surface area contributed by atoms with Gasteiger partial charge in [-0.05, 0) is 97.4 Å². The van der Waals surface area contributed by atoms with E-state index in [-0.39, 0.29) is 33.7 Å². The molecule has 6 nitrogen and oxygen atoms in total. The van der Waals surface area contributed by atoms with Crippen molar-refractivity contribution in [3.8, 4) is 0 Å². The topological polar surface area (TPSA) is 54.3 Å². The lowest BCUT2D eigenvalue weighted by Crippen LogP contribution is -2.45. The van der Waals surface area contributed by atoms with Gasteiger partial charge in [0.15, 0.2) is 0 Å². The molecule has 2 saturated carbocycles.